The van der Waals surface area contributed by atoms with Gasteiger partial charge in [0.25, 0.3) is 5.56 Å². The van der Waals surface area contributed by atoms with E-state index in [0.717, 1.165) is 0 Å². The van der Waals surface area contributed by atoms with E-state index in [9.17, 15) is 19.5 Å². The number of rotatable bonds is 4. The van der Waals surface area contributed by atoms with E-state index in [2.05, 4.69) is 9.98 Å². The highest BCUT2D eigenvalue weighted by Crippen LogP contribution is 2.19. The summed E-state index contributed by atoms with van der Waals surface area (Å²) in [6, 6.07) is 6.29. The molecule has 0 saturated heterocycles. The largest absolute Gasteiger partial charge is 0.499 e. The first-order valence-electron chi connectivity index (χ1n) is 6.71. The molecule has 0 spiro atoms. The Morgan fingerprint density at radius 1 is 1.30 bits per heavy atom. The molecule has 0 bridgehead atoms. The van der Waals surface area contributed by atoms with Crippen LogP contribution in [0.25, 0.3) is 0 Å². The Morgan fingerprint density at radius 2 is 1.96 bits per heavy atom. The molecule has 0 unspecified atom stereocenters. The highest BCUT2D eigenvalue weighted by molar-refractivity contribution is 7.11. The van der Waals surface area contributed by atoms with Gasteiger partial charge in [-0.05, 0) is 49.4 Å². The van der Waals surface area contributed by atoms with Crippen LogP contribution in [0.5, 0.6) is 5.06 Å². The van der Waals surface area contributed by atoms with Gasteiger partial charge in [0.1, 0.15) is 5.56 Å². The Kier molecular flexibility index (Phi) is 5.07. The average molecular weight is 334 g/mol. The van der Waals surface area contributed by atoms with Crippen LogP contribution < -0.4 is 10.4 Å². The highest BCUT2D eigenvalue weighted by Gasteiger charge is 2.12. The lowest BCUT2D eigenvalue weighted by atomic mass is 10.2. The van der Waals surface area contributed by atoms with Gasteiger partial charge in [-0.15, -0.1) is 0 Å². The second kappa shape index (κ2) is 7.01. The molecule has 7 nitrogen and oxygen atoms in total. The molecule has 0 fully saturated rings. The van der Waals surface area contributed by atoms with Crippen LogP contribution in [0.4, 0.5) is 5.69 Å². The number of nitrogens with one attached hydrogen (secondary N) is 1. The minimum Gasteiger partial charge on any atom is -0.499 e. The van der Waals surface area contributed by atoms with Gasteiger partial charge in [-0.1, -0.05) is 0 Å². The highest BCUT2D eigenvalue weighted by atomic mass is 32.1. The van der Waals surface area contributed by atoms with Crippen molar-refractivity contribution in [2.45, 2.75) is 13.8 Å². The lowest BCUT2D eigenvalue weighted by molar-refractivity contribution is 0.0526. The van der Waals surface area contributed by atoms with Crippen LogP contribution in [-0.4, -0.2) is 28.4 Å². The van der Waals surface area contributed by atoms with Crippen LogP contribution in [-0.2, 0) is 4.74 Å². The molecular weight excluding hydrogens is 320 g/mol. The number of esters is 1. The van der Waals surface area contributed by atoms with E-state index < -0.39 is 16.4 Å². The number of H-pyrrole nitrogens is 1. The maximum atomic E-state index is 11.8. The minimum atomic E-state index is -0.698. The van der Waals surface area contributed by atoms with Crippen LogP contribution in [0.1, 0.15) is 29.8 Å². The predicted molar refractivity (Wildman–Crippen MR) is 87.1 cm³/mol. The monoisotopic (exact) mass is 334 g/mol. The van der Waals surface area contributed by atoms with E-state index in [-0.39, 0.29) is 22.9 Å². The van der Waals surface area contributed by atoms with Gasteiger partial charge in [-0.2, -0.15) is 0 Å². The lowest BCUT2D eigenvalue weighted by Crippen LogP contribution is -2.22. The number of carbonyl (C=O) groups is 1. The van der Waals surface area contributed by atoms with E-state index >= 15 is 0 Å². The molecule has 0 saturated carbocycles. The van der Waals surface area contributed by atoms with E-state index in [1.807, 2.05) is 0 Å². The Hall–Kier alpha value is -2.74. The molecule has 0 aliphatic heterocycles. The molecule has 1 heterocycles. The first-order chi connectivity index (χ1) is 10.9. The lowest BCUT2D eigenvalue weighted by Gasteiger charge is -2.03. The SMILES string of the molecule is CCOC(=O)c1ccc(N=C(C)c2c(O)sc(=O)[nH]c2=O)cc1. The number of benzene rings is 1. The first kappa shape index (κ1) is 16.6. The van der Waals surface area contributed by atoms with Crippen molar-refractivity contribution in [2.75, 3.05) is 6.61 Å². The molecule has 23 heavy (non-hydrogen) atoms. The zero-order chi connectivity index (χ0) is 17.0. The molecule has 0 aliphatic carbocycles. The fraction of sp³-hybridized carbons (Fsp3) is 0.200. The van der Waals surface area contributed by atoms with Gasteiger partial charge in [0.15, 0.2) is 5.06 Å². The Bertz CT molecular complexity index is 865. The Balaban J connectivity index is 2.34. The number of carbonyl (C=O) groups excluding carboxylic acids is 1. The number of nitrogens with zero attached hydrogens (tertiary/aromatic N) is 1. The van der Waals surface area contributed by atoms with E-state index in [0.29, 0.717) is 22.6 Å². The maximum Gasteiger partial charge on any atom is 0.338 e. The summed E-state index contributed by atoms with van der Waals surface area (Å²) in [6.07, 6.45) is 0. The Labute approximate surface area is 134 Å². The predicted octanol–water partition coefficient (Wildman–Crippen LogP) is 1.82. The number of ether oxygens (including phenoxy) is 1. The van der Waals surface area contributed by atoms with Crippen LogP contribution in [0, 0.1) is 0 Å². The van der Waals surface area contributed by atoms with Crippen molar-refractivity contribution in [3.8, 4) is 5.06 Å². The third-order valence-corrected chi connectivity index (χ3v) is 3.57. The minimum absolute atomic E-state index is 0.0518. The van der Waals surface area contributed by atoms with E-state index in [1.54, 1.807) is 38.1 Å². The fourth-order valence-corrected chi connectivity index (χ4v) is 2.53. The number of aromatic amines is 1. The number of aromatic nitrogens is 1. The number of aliphatic imine (C=N–C) groups is 1. The van der Waals surface area contributed by atoms with Gasteiger partial charge >= 0.3 is 10.8 Å². The summed E-state index contributed by atoms with van der Waals surface area (Å²) >= 11 is 0.526. The Morgan fingerprint density at radius 3 is 2.52 bits per heavy atom. The van der Waals surface area contributed by atoms with Gasteiger partial charge in [-0.3, -0.25) is 19.6 Å². The normalized spacial score (nSPS) is 11.3. The molecule has 0 aliphatic rings. The molecule has 120 valence electrons. The standard InChI is InChI=1S/C15H14N2O5S/c1-3-22-13(19)9-4-6-10(7-5-9)16-8(2)11-12(18)17-15(21)23-14(11)20/h4-7,20H,3H2,1-2H3,(H,17,18,21). The summed E-state index contributed by atoms with van der Waals surface area (Å²) in [5.41, 5.74) is 0.385. The number of aromatic hydroxyl groups is 1. The third kappa shape index (κ3) is 3.92. The summed E-state index contributed by atoms with van der Waals surface area (Å²) in [4.78, 5) is 40.1. The van der Waals surface area contributed by atoms with Gasteiger partial charge in [0, 0.05) is 0 Å². The third-order valence-electron chi connectivity index (χ3n) is 2.88. The van der Waals surface area contributed by atoms with Gasteiger partial charge < -0.3 is 9.84 Å². The van der Waals surface area contributed by atoms with E-state index in [1.165, 1.54) is 0 Å². The molecule has 2 rings (SSSR count). The molecule has 0 atom stereocenters. The van der Waals surface area contributed by atoms with E-state index in [4.69, 9.17) is 4.74 Å². The maximum absolute atomic E-state index is 11.8. The second-order valence-corrected chi connectivity index (χ2v) is 5.45. The molecule has 2 N–H and O–H groups in total. The zero-order valence-corrected chi connectivity index (χ0v) is 13.3. The molecule has 8 heteroatoms. The molecule has 2 aromatic rings. The summed E-state index contributed by atoms with van der Waals surface area (Å²) < 4.78 is 4.88. The summed E-state index contributed by atoms with van der Waals surface area (Å²) in [7, 11) is 0. The number of hydrogen-bond donors (Lipinski definition) is 2. The quantitative estimate of drug-likeness (QED) is 0.655. The van der Waals surface area contributed by atoms with Crippen LogP contribution in [0.15, 0.2) is 38.8 Å². The topological polar surface area (TPSA) is 109 Å². The van der Waals surface area contributed by atoms with Crippen LogP contribution in [0.3, 0.4) is 0 Å². The molecule has 0 amide bonds. The van der Waals surface area contributed by atoms with Crippen molar-refractivity contribution in [1.29, 1.82) is 0 Å². The van der Waals surface area contributed by atoms with Crippen molar-refractivity contribution in [3.63, 3.8) is 0 Å². The van der Waals surface area contributed by atoms with Crippen molar-refractivity contribution in [3.05, 3.63) is 55.4 Å². The van der Waals surface area contributed by atoms with Gasteiger partial charge in [0.05, 0.1) is 23.6 Å². The smallest absolute Gasteiger partial charge is 0.338 e. The zero-order valence-electron chi connectivity index (χ0n) is 12.5. The van der Waals surface area contributed by atoms with Crippen LogP contribution in [0.2, 0.25) is 0 Å². The summed E-state index contributed by atoms with van der Waals surface area (Å²) in [5.74, 6) is -0.429. The van der Waals surface area contributed by atoms with Gasteiger partial charge in [0.2, 0.25) is 0 Å². The molecule has 1 aromatic carbocycles. The number of hydrogen-bond acceptors (Lipinski definition) is 7. The van der Waals surface area contributed by atoms with Gasteiger partial charge in [-0.25, -0.2) is 4.79 Å². The summed E-state index contributed by atoms with van der Waals surface area (Å²) in [5, 5.41) is 9.37. The second-order valence-electron chi connectivity index (χ2n) is 4.49. The van der Waals surface area contributed by atoms with Crippen molar-refractivity contribution in [2.24, 2.45) is 4.99 Å². The molecule has 0 radical (unpaired) electrons. The van der Waals surface area contributed by atoms with Crippen molar-refractivity contribution in [1.82, 2.24) is 4.98 Å². The summed E-state index contributed by atoms with van der Waals surface area (Å²) in [6.45, 7) is 3.55. The first-order valence-corrected chi connectivity index (χ1v) is 7.53. The molecular formula is C15H14N2O5S. The fourth-order valence-electron chi connectivity index (χ4n) is 1.87. The molecule has 1 aromatic heterocycles. The van der Waals surface area contributed by atoms with Crippen molar-refractivity contribution < 1.29 is 14.6 Å². The van der Waals surface area contributed by atoms with Crippen LogP contribution >= 0.6 is 11.3 Å². The van der Waals surface area contributed by atoms with Crippen molar-refractivity contribution >= 4 is 28.7 Å². The average Bonchev–Trinajstić information content (AvgIpc) is 2.47.